The largest absolute Gasteiger partial charge is 0.349 e. The molecule has 0 unspecified atom stereocenters. The van der Waals surface area contributed by atoms with Crippen molar-refractivity contribution < 1.29 is 9.18 Å². The summed E-state index contributed by atoms with van der Waals surface area (Å²) in [5.41, 5.74) is 0.656. The van der Waals surface area contributed by atoms with Gasteiger partial charge in [0.05, 0.1) is 0 Å². The van der Waals surface area contributed by atoms with E-state index in [9.17, 15) is 9.18 Å². The first-order chi connectivity index (χ1) is 7.22. The van der Waals surface area contributed by atoms with E-state index < -0.39 is 0 Å². The first-order valence-electron chi connectivity index (χ1n) is 4.55. The molecule has 15 heavy (non-hydrogen) atoms. The Balaban J connectivity index is 2.57. The van der Waals surface area contributed by atoms with Gasteiger partial charge in [0.2, 0.25) is 5.91 Å². The van der Waals surface area contributed by atoms with Crippen LogP contribution < -0.4 is 5.32 Å². The van der Waals surface area contributed by atoms with Crippen LogP contribution >= 0.6 is 0 Å². The zero-order chi connectivity index (χ0) is 11.1. The van der Waals surface area contributed by atoms with E-state index in [1.54, 1.807) is 24.3 Å². The van der Waals surface area contributed by atoms with Crippen molar-refractivity contribution >= 4 is 12.0 Å². The maximum absolute atomic E-state index is 12.7. The van der Waals surface area contributed by atoms with E-state index in [-0.39, 0.29) is 11.7 Å². The van der Waals surface area contributed by atoms with Crippen molar-refractivity contribution in [2.75, 3.05) is 6.54 Å². The van der Waals surface area contributed by atoms with Gasteiger partial charge in [-0.3, -0.25) is 4.79 Å². The Morgan fingerprint density at radius 1 is 1.53 bits per heavy atom. The second kappa shape index (κ2) is 5.75. The summed E-state index contributed by atoms with van der Waals surface area (Å²) in [6.07, 6.45) is 4.51. The minimum absolute atomic E-state index is 0.223. The molecule has 0 heterocycles. The molecule has 0 bridgehead atoms. The molecule has 0 saturated carbocycles. The summed E-state index contributed by atoms with van der Waals surface area (Å²) >= 11 is 0. The fourth-order valence-electron chi connectivity index (χ4n) is 1.01. The molecule has 0 aliphatic carbocycles. The van der Waals surface area contributed by atoms with E-state index in [0.717, 1.165) is 0 Å². The highest BCUT2D eigenvalue weighted by molar-refractivity contribution is 5.91. The molecule has 0 atom stereocenters. The summed E-state index contributed by atoms with van der Waals surface area (Å²) < 4.78 is 12.7. The third-order valence-electron chi connectivity index (χ3n) is 1.70. The third-order valence-corrected chi connectivity index (χ3v) is 1.70. The van der Waals surface area contributed by atoms with E-state index in [2.05, 4.69) is 11.9 Å². The predicted octanol–water partition coefficient (Wildman–Crippen LogP) is 2.14. The van der Waals surface area contributed by atoms with Crippen molar-refractivity contribution in [1.82, 2.24) is 5.32 Å². The van der Waals surface area contributed by atoms with E-state index in [1.807, 2.05) is 0 Å². The van der Waals surface area contributed by atoms with Gasteiger partial charge in [-0.25, -0.2) is 4.39 Å². The van der Waals surface area contributed by atoms with Crippen molar-refractivity contribution in [1.29, 1.82) is 0 Å². The Morgan fingerprint density at radius 2 is 2.33 bits per heavy atom. The van der Waals surface area contributed by atoms with Crippen LogP contribution in [0.4, 0.5) is 4.39 Å². The number of rotatable bonds is 4. The number of benzene rings is 1. The first kappa shape index (κ1) is 11.2. The molecule has 0 aliphatic heterocycles. The van der Waals surface area contributed by atoms with Gasteiger partial charge in [-0.05, 0) is 23.8 Å². The second-order valence-electron chi connectivity index (χ2n) is 2.92. The number of carbonyl (C=O) groups excluding carboxylic acids is 1. The number of hydrogen-bond donors (Lipinski definition) is 1. The molecule has 2 nitrogen and oxygen atoms in total. The van der Waals surface area contributed by atoms with Crippen LogP contribution in [-0.4, -0.2) is 12.5 Å². The molecular formula is C12H12FNO. The topological polar surface area (TPSA) is 29.1 Å². The monoisotopic (exact) mass is 205 g/mol. The quantitative estimate of drug-likeness (QED) is 0.592. The summed E-state index contributed by atoms with van der Waals surface area (Å²) in [5.74, 6) is -0.539. The third kappa shape index (κ3) is 4.22. The normalized spacial score (nSPS) is 10.2. The van der Waals surface area contributed by atoms with Crippen molar-refractivity contribution in [2.24, 2.45) is 0 Å². The molecule has 1 aromatic carbocycles. The Bertz CT molecular complexity index is 385. The Hall–Kier alpha value is -1.90. The van der Waals surface area contributed by atoms with Gasteiger partial charge in [0.15, 0.2) is 0 Å². The number of nitrogens with one attached hydrogen (secondary N) is 1. The summed E-state index contributed by atoms with van der Waals surface area (Å²) in [5, 5.41) is 2.58. The lowest BCUT2D eigenvalue weighted by molar-refractivity contribution is -0.116. The zero-order valence-corrected chi connectivity index (χ0v) is 8.24. The highest BCUT2D eigenvalue weighted by Gasteiger charge is 1.93. The standard InChI is InChI=1S/C12H12FNO/c1-2-8-14-12(15)7-6-10-4-3-5-11(13)9-10/h2-7,9H,1,8H2,(H,14,15). The average molecular weight is 205 g/mol. The van der Waals surface area contributed by atoms with Crippen LogP contribution in [0.5, 0.6) is 0 Å². The molecule has 0 saturated heterocycles. The van der Waals surface area contributed by atoms with Gasteiger partial charge in [-0.2, -0.15) is 0 Å². The summed E-state index contributed by atoms with van der Waals surface area (Å²) in [6.45, 7) is 3.90. The molecule has 0 aromatic heterocycles. The minimum Gasteiger partial charge on any atom is -0.349 e. The van der Waals surface area contributed by atoms with Crippen molar-refractivity contribution in [3.8, 4) is 0 Å². The van der Waals surface area contributed by atoms with E-state index >= 15 is 0 Å². The predicted molar refractivity (Wildman–Crippen MR) is 58.6 cm³/mol. The van der Waals surface area contributed by atoms with Gasteiger partial charge in [0.25, 0.3) is 0 Å². The maximum atomic E-state index is 12.7. The van der Waals surface area contributed by atoms with Crippen LogP contribution in [0.1, 0.15) is 5.56 Å². The van der Waals surface area contributed by atoms with Crippen molar-refractivity contribution in [2.45, 2.75) is 0 Å². The van der Waals surface area contributed by atoms with Crippen LogP contribution in [0.15, 0.2) is 43.0 Å². The van der Waals surface area contributed by atoms with Crippen LogP contribution in [-0.2, 0) is 4.79 Å². The molecule has 0 radical (unpaired) electrons. The molecule has 0 fully saturated rings. The molecule has 1 N–H and O–H groups in total. The lowest BCUT2D eigenvalue weighted by Gasteiger charge is -1.96. The number of amides is 1. The molecule has 1 amide bonds. The van der Waals surface area contributed by atoms with E-state index in [0.29, 0.717) is 12.1 Å². The Kier molecular flexibility index (Phi) is 4.29. The SMILES string of the molecule is C=CCNC(=O)C=Cc1cccc(F)c1. The minimum atomic E-state index is -0.316. The van der Waals surface area contributed by atoms with Crippen LogP contribution in [0.25, 0.3) is 6.08 Å². The van der Waals surface area contributed by atoms with E-state index in [4.69, 9.17) is 0 Å². The highest BCUT2D eigenvalue weighted by Crippen LogP contribution is 2.04. The number of hydrogen-bond acceptors (Lipinski definition) is 1. The first-order valence-corrected chi connectivity index (χ1v) is 4.55. The van der Waals surface area contributed by atoms with Gasteiger partial charge in [-0.1, -0.05) is 18.2 Å². The lowest BCUT2D eigenvalue weighted by atomic mass is 10.2. The molecule has 3 heteroatoms. The Labute approximate surface area is 88.1 Å². The van der Waals surface area contributed by atoms with E-state index in [1.165, 1.54) is 18.2 Å². The molecule has 1 rings (SSSR count). The van der Waals surface area contributed by atoms with Crippen LogP contribution in [0.2, 0.25) is 0 Å². The molecule has 78 valence electrons. The van der Waals surface area contributed by atoms with Gasteiger partial charge in [0.1, 0.15) is 5.82 Å². The smallest absolute Gasteiger partial charge is 0.244 e. The van der Waals surface area contributed by atoms with Gasteiger partial charge >= 0.3 is 0 Å². The van der Waals surface area contributed by atoms with Crippen LogP contribution in [0, 0.1) is 5.82 Å². The van der Waals surface area contributed by atoms with Gasteiger partial charge < -0.3 is 5.32 Å². The molecule has 0 spiro atoms. The highest BCUT2D eigenvalue weighted by atomic mass is 19.1. The Morgan fingerprint density at radius 3 is 3.00 bits per heavy atom. The molecule has 1 aromatic rings. The van der Waals surface area contributed by atoms with Gasteiger partial charge in [-0.15, -0.1) is 6.58 Å². The number of halogens is 1. The zero-order valence-electron chi connectivity index (χ0n) is 8.24. The fraction of sp³-hybridized carbons (Fsp3) is 0.0833. The lowest BCUT2D eigenvalue weighted by Crippen LogP contribution is -2.20. The molecule has 0 aliphatic rings. The fourth-order valence-corrected chi connectivity index (χ4v) is 1.01. The van der Waals surface area contributed by atoms with Crippen molar-refractivity contribution in [3.63, 3.8) is 0 Å². The van der Waals surface area contributed by atoms with Gasteiger partial charge in [0, 0.05) is 12.6 Å². The van der Waals surface area contributed by atoms with Crippen molar-refractivity contribution in [3.05, 3.63) is 54.4 Å². The maximum Gasteiger partial charge on any atom is 0.244 e. The van der Waals surface area contributed by atoms with Crippen LogP contribution in [0.3, 0.4) is 0 Å². The summed E-state index contributed by atoms with van der Waals surface area (Å²) in [4.78, 5) is 11.1. The summed E-state index contributed by atoms with van der Waals surface area (Å²) in [6, 6.07) is 6.03. The second-order valence-corrected chi connectivity index (χ2v) is 2.92. The summed E-state index contributed by atoms with van der Waals surface area (Å²) in [7, 11) is 0. The number of carbonyl (C=O) groups is 1. The molecular weight excluding hydrogens is 193 g/mol. The average Bonchev–Trinajstić information content (AvgIpc) is 2.23.